The van der Waals surface area contributed by atoms with Crippen LogP contribution in [0.3, 0.4) is 0 Å². The minimum absolute atomic E-state index is 0.0865. The molecule has 1 aliphatic carbocycles. The molecule has 0 spiro atoms. The van der Waals surface area contributed by atoms with Gasteiger partial charge in [0.2, 0.25) is 5.91 Å². The molecule has 3 heterocycles. The Kier molecular flexibility index (Phi) is 8.95. The Morgan fingerprint density at radius 1 is 1.19 bits per heavy atom. The van der Waals surface area contributed by atoms with Gasteiger partial charge in [0.15, 0.2) is 6.61 Å². The van der Waals surface area contributed by atoms with Crippen LogP contribution in [0.25, 0.3) is 6.08 Å². The van der Waals surface area contributed by atoms with E-state index in [1.807, 2.05) is 6.92 Å². The molecule has 1 aliphatic heterocycles. The first-order valence-electron chi connectivity index (χ1n) is 12.4. The fraction of sp³-hybridized carbons (Fsp3) is 0.600. The highest BCUT2D eigenvalue weighted by atomic mass is 32.1. The average molecular weight is 524 g/mol. The zero-order valence-electron chi connectivity index (χ0n) is 20.4. The van der Waals surface area contributed by atoms with E-state index < -0.39 is 12.8 Å². The van der Waals surface area contributed by atoms with Crippen molar-refractivity contribution in [3.63, 3.8) is 0 Å². The molecule has 4 rings (SSSR count). The van der Waals surface area contributed by atoms with E-state index in [0.29, 0.717) is 11.7 Å². The molecule has 7 nitrogen and oxygen atoms in total. The van der Waals surface area contributed by atoms with Crippen LogP contribution in [0.15, 0.2) is 18.5 Å². The van der Waals surface area contributed by atoms with Gasteiger partial charge in [-0.15, -0.1) is 0 Å². The Hall–Kier alpha value is -2.53. The van der Waals surface area contributed by atoms with Gasteiger partial charge < -0.3 is 15.0 Å². The summed E-state index contributed by atoms with van der Waals surface area (Å²) in [6, 6.07) is 0.210. The molecular weight excluding hydrogens is 491 g/mol. The number of nitrogens with zero attached hydrogens (tertiary/aromatic N) is 4. The number of rotatable bonds is 8. The second-order valence-electron chi connectivity index (χ2n) is 9.51. The number of aryl methyl sites for hydroxylation is 1. The van der Waals surface area contributed by atoms with Crippen LogP contribution in [0.1, 0.15) is 54.1 Å². The zero-order valence-corrected chi connectivity index (χ0v) is 21.2. The molecule has 0 bridgehead atoms. The molecule has 1 saturated carbocycles. The van der Waals surface area contributed by atoms with Crippen molar-refractivity contribution < 1.29 is 22.7 Å². The Labute approximate surface area is 213 Å². The number of alkyl halides is 3. The summed E-state index contributed by atoms with van der Waals surface area (Å²) < 4.78 is 42.0. The summed E-state index contributed by atoms with van der Waals surface area (Å²) in [7, 11) is 0. The lowest BCUT2D eigenvalue weighted by Crippen LogP contribution is -2.37. The number of hydrogen-bond acceptors (Lipinski definition) is 7. The first kappa shape index (κ1) is 26.5. The maximum atomic E-state index is 12.4. The van der Waals surface area contributed by atoms with Gasteiger partial charge in [-0.1, -0.05) is 11.3 Å². The average Bonchev–Trinajstić information content (AvgIpc) is 3.15. The Bertz CT molecular complexity index is 1010. The van der Waals surface area contributed by atoms with Crippen molar-refractivity contribution in [2.75, 3.05) is 26.2 Å². The van der Waals surface area contributed by atoms with Crippen LogP contribution in [-0.4, -0.2) is 64.2 Å². The van der Waals surface area contributed by atoms with Gasteiger partial charge in [-0.2, -0.15) is 13.2 Å². The zero-order chi connectivity index (χ0) is 25.5. The molecule has 11 heteroatoms. The predicted octanol–water partition coefficient (Wildman–Crippen LogP) is 4.36. The summed E-state index contributed by atoms with van der Waals surface area (Å²) in [6.45, 7) is 3.28. The van der Waals surface area contributed by atoms with Gasteiger partial charge in [0, 0.05) is 54.5 Å². The second kappa shape index (κ2) is 12.1. The Balaban J connectivity index is 1.13. The number of halogens is 3. The molecule has 1 amide bonds. The van der Waals surface area contributed by atoms with Gasteiger partial charge in [-0.25, -0.2) is 15.0 Å². The van der Waals surface area contributed by atoms with Crippen LogP contribution in [0.2, 0.25) is 0 Å². The van der Waals surface area contributed by atoms with Gasteiger partial charge in [-0.3, -0.25) is 4.79 Å². The van der Waals surface area contributed by atoms with Crippen LogP contribution in [0.5, 0.6) is 5.19 Å². The quantitative estimate of drug-likeness (QED) is 0.518. The van der Waals surface area contributed by atoms with E-state index in [4.69, 9.17) is 4.74 Å². The van der Waals surface area contributed by atoms with E-state index in [1.54, 1.807) is 24.5 Å². The standard InChI is InChI=1S/C25H32F3N5O2S/c1-17-29-14-19(15-30-17)4-7-23(34)31-20-5-2-18(3-6-20)8-11-33-12-9-21-22(10-13-33)36-24(32-21)35-16-25(26,27)28/h4,7,14-15,18,20H,2-3,5-6,8-13,16H2,1H3,(H,31,34)/b7-4+. The van der Waals surface area contributed by atoms with Crippen molar-refractivity contribution >= 4 is 23.3 Å². The summed E-state index contributed by atoms with van der Waals surface area (Å²) in [5.74, 6) is 1.26. The summed E-state index contributed by atoms with van der Waals surface area (Å²) >= 11 is 1.24. The molecule has 0 radical (unpaired) electrons. The molecule has 2 aliphatic rings. The molecule has 1 fully saturated rings. The van der Waals surface area contributed by atoms with Crippen molar-refractivity contribution in [3.8, 4) is 5.19 Å². The van der Waals surface area contributed by atoms with E-state index in [-0.39, 0.29) is 17.1 Å². The molecular formula is C25H32F3N5O2S. The molecule has 196 valence electrons. The monoisotopic (exact) mass is 523 g/mol. The Morgan fingerprint density at radius 3 is 2.64 bits per heavy atom. The molecule has 2 aromatic rings. The Morgan fingerprint density at radius 2 is 1.92 bits per heavy atom. The predicted molar refractivity (Wildman–Crippen MR) is 132 cm³/mol. The van der Waals surface area contributed by atoms with Crippen molar-refractivity contribution in [2.45, 2.75) is 64.1 Å². The third-order valence-electron chi connectivity index (χ3n) is 6.71. The molecule has 0 unspecified atom stereocenters. The number of fused-ring (bicyclic) bond motifs is 1. The number of amides is 1. The van der Waals surface area contributed by atoms with Crippen LogP contribution in [0, 0.1) is 12.8 Å². The minimum Gasteiger partial charge on any atom is -0.460 e. The lowest BCUT2D eigenvalue weighted by atomic mass is 9.84. The van der Waals surface area contributed by atoms with E-state index in [9.17, 15) is 18.0 Å². The molecule has 0 aromatic carbocycles. The van der Waals surface area contributed by atoms with E-state index in [0.717, 1.165) is 80.7 Å². The van der Waals surface area contributed by atoms with Crippen LogP contribution >= 0.6 is 11.3 Å². The minimum atomic E-state index is -4.35. The van der Waals surface area contributed by atoms with Gasteiger partial charge in [0.05, 0.1) is 5.69 Å². The number of carbonyl (C=O) groups is 1. The third-order valence-corrected chi connectivity index (χ3v) is 7.78. The number of hydrogen-bond donors (Lipinski definition) is 1. The number of nitrogens with one attached hydrogen (secondary N) is 1. The largest absolute Gasteiger partial charge is 0.460 e. The normalized spacial score (nSPS) is 21.2. The molecule has 0 saturated heterocycles. The summed E-state index contributed by atoms with van der Waals surface area (Å²) in [6.07, 6.45) is 9.14. The van der Waals surface area contributed by atoms with E-state index in [1.165, 1.54) is 11.3 Å². The van der Waals surface area contributed by atoms with Crippen LogP contribution in [0.4, 0.5) is 13.2 Å². The van der Waals surface area contributed by atoms with E-state index in [2.05, 4.69) is 25.2 Å². The lowest BCUT2D eigenvalue weighted by molar-refractivity contribution is -0.153. The van der Waals surface area contributed by atoms with Crippen molar-refractivity contribution in [2.24, 2.45) is 5.92 Å². The van der Waals surface area contributed by atoms with Crippen molar-refractivity contribution in [3.05, 3.63) is 40.4 Å². The highest BCUT2D eigenvalue weighted by Gasteiger charge is 2.30. The van der Waals surface area contributed by atoms with Crippen molar-refractivity contribution in [1.29, 1.82) is 0 Å². The highest BCUT2D eigenvalue weighted by Crippen LogP contribution is 2.31. The second-order valence-corrected chi connectivity index (χ2v) is 10.6. The lowest BCUT2D eigenvalue weighted by Gasteiger charge is -2.30. The number of carbonyl (C=O) groups excluding carboxylic acids is 1. The maximum absolute atomic E-state index is 12.4. The fourth-order valence-corrected chi connectivity index (χ4v) is 5.63. The van der Waals surface area contributed by atoms with E-state index >= 15 is 0 Å². The smallest absolute Gasteiger partial charge is 0.422 e. The van der Waals surface area contributed by atoms with Crippen LogP contribution in [-0.2, 0) is 17.6 Å². The SMILES string of the molecule is Cc1ncc(/C=C/C(=O)NC2CCC(CCN3CCc4nc(OCC(F)(F)F)sc4CC3)CC2)cn1. The van der Waals surface area contributed by atoms with Crippen LogP contribution < -0.4 is 10.1 Å². The molecule has 0 atom stereocenters. The van der Waals surface area contributed by atoms with Gasteiger partial charge in [0.1, 0.15) is 5.82 Å². The maximum Gasteiger partial charge on any atom is 0.422 e. The third kappa shape index (κ3) is 8.26. The number of aromatic nitrogens is 3. The van der Waals surface area contributed by atoms with Gasteiger partial charge in [0.25, 0.3) is 5.19 Å². The first-order valence-corrected chi connectivity index (χ1v) is 13.2. The summed E-state index contributed by atoms with van der Waals surface area (Å²) in [5.41, 5.74) is 1.67. The molecule has 2 aromatic heterocycles. The molecule has 1 N–H and O–H groups in total. The number of thiazole rings is 1. The molecule has 36 heavy (non-hydrogen) atoms. The number of ether oxygens (including phenoxy) is 1. The van der Waals surface area contributed by atoms with Crippen molar-refractivity contribution in [1.82, 2.24) is 25.2 Å². The fourth-order valence-electron chi connectivity index (χ4n) is 4.69. The van der Waals surface area contributed by atoms with Gasteiger partial charge >= 0.3 is 6.18 Å². The van der Waals surface area contributed by atoms with Gasteiger partial charge in [-0.05, 0) is 64.0 Å². The summed E-state index contributed by atoms with van der Waals surface area (Å²) in [5, 5.41) is 3.23. The highest BCUT2D eigenvalue weighted by molar-refractivity contribution is 7.13. The first-order chi connectivity index (χ1) is 17.2. The summed E-state index contributed by atoms with van der Waals surface area (Å²) in [4.78, 5) is 28.3. The topological polar surface area (TPSA) is 80.2 Å².